The van der Waals surface area contributed by atoms with Crippen molar-refractivity contribution in [3.63, 3.8) is 0 Å². The first-order valence-electron chi connectivity index (χ1n) is 8.05. The van der Waals surface area contributed by atoms with E-state index in [-0.39, 0.29) is 19.0 Å². The molecular formula is C18H23N3O3. The van der Waals surface area contributed by atoms with Crippen LogP contribution in [0.4, 0.5) is 0 Å². The van der Waals surface area contributed by atoms with E-state index in [4.69, 9.17) is 0 Å². The average Bonchev–Trinajstić information content (AvgIpc) is 2.55. The summed E-state index contributed by atoms with van der Waals surface area (Å²) in [5.41, 5.74) is -0.182. The van der Waals surface area contributed by atoms with E-state index in [1.54, 1.807) is 30.3 Å². The fourth-order valence-electron chi connectivity index (χ4n) is 2.54. The highest BCUT2D eigenvalue weighted by Crippen LogP contribution is 2.10. The Morgan fingerprint density at radius 3 is 2.33 bits per heavy atom. The van der Waals surface area contributed by atoms with E-state index in [1.807, 2.05) is 0 Å². The minimum absolute atomic E-state index is 0.165. The summed E-state index contributed by atoms with van der Waals surface area (Å²) < 4.78 is 2.61. The molecule has 0 aliphatic heterocycles. The van der Waals surface area contributed by atoms with Crippen LogP contribution in [0.5, 0.6) is 0 Å². The number of aromatic nitrogens is 2. The van der Waals surface area contributed by atoms with Crippen molar-refractivity contribution in [1.82, 2.24) is 14.5 Å². The number of allylic oxidation sites excluding steroid dienone is 1. The predicted molar refractivity (Wildman–Crippen MR) is 95.1 cm³/mol. The summed E-state index contributed by atoms with van der Waals surface area (Å²) in [6.07, 6.45) is 2.43. The minimum atomic E-state index is -0.699. The second-order valence-corrected chi connectivity index (χ2v) is 6.12. The molecule has 24 heavy (non-hydrogen) atoms. The molecule has 0 fully saturated rings. The molecule has 0 saturated carbocycles. The van der Waals surface area contributed by atoms with Gasteiger partial charge in [0.05, 0.1) is 11.0 Å². The Morgan fingerprint density at radius 2 is 1.75 bits per heavy atom. The van der Waals surface area contributed by atoms with Crippen LogP contribution in [-0.4, -0.2) is 21.6 Å². The van der Waals surface area contributed by atoms with Gasteiger partial charge in [0.25, 0.3) is 0 Å². The Labute approximate surface area is 140 Å². The van der Waals surface area contributed by atoms with Gasteiger partial charge in [-0.3, -0.25) is 23.5 Å². The molecule has 1 amide bonds. The number of carbonyl (C=O) groups is 1. The van der Waals surface area contributed by atoms with Crippen LogP contribution in [-0.2, 0) is 17.9 Å². The van der Waals surface area contributed by atoms with Gasteiger partial charge in [0.15, 0.2) is 0 Å². The Morgan fingerprint density at radius 1 is 1.17 bits per heavy atom. The molecule has 0 atom stereocenters. The topological polar surface area (TPSA) is 73.1 Å². The summed E-state index contributed by atoms with van der Waals surface area (Å²) in [5.74, 6) is 0.209. The molecule has 0 bridgehead atoms. The van der Waals surface area contributed by atoms with Crippen LogP contribution in [0.1, 0.15) is 20.3 Å². The second-order valence-electron chi connectivity index (χ2n) is 6.12. The van der Waals surface area contributed by atoms with Gasteiger partial charge in [0.1, 0.15) is 6.54 Å². The first-order chi connectivity index (χ1) is 11.5. The van der Waals surface area contributed by atoms with Crippen molar-refractivity contribution < 1.29 is 4.79 Å². The lowest BCUT2D eigenvalue weighted by Crippen LogP contribution is -2.44. The maximum atomic E-state index is 12.4. The predicted octanol–water partition coefficient (Wildman–Crippen LogP) is 1.51. The van der Waals surface area contributed by atoms with E-state index in [1.165, 1.54) is 9.13 Å². The van der Waals surface area contributed by atoms with Crippen LogP contribution in [0.15, 0.2) is 46.5 Å². The molecule has 1 aromatic carbocycles. The monoisotopic (exact) mass is 329 g/mol. The SMILES string of the molecule is C=CCn1c(=O)c(=O)n(CC(=O)NCCC(C)C)c2ccccc21. The third-order valence-corrected chi connectivity index (χ3v) is 3.79. The average molecular weight is 329 g/mol. The first-order valence-corrected chi connectivity index (χ1v) is 8.05. The van der Waals surface area contributed by atoms with Crippen molar-refractivity contribution in [2.45, 2.75) is 33.4 Å². The van der Waals surface area contributed by atoms with Gasteiger partial charge in [-0.1, -0.05) is 32.1 Å². The van der Waals surface area contributed by atoms with Crippen molar-refractivity contribution >= 4 is 16.9 Å². The quantitative estimate of drug-likeness (QED) is 0.618. The van der Waals surface area contributed by atoms with Crippen molar-refractivity contribution in [2.75, 3.05) is 6.54 Å². The van der Waals surface area contributed by atoms with Gasteiger partial charge in [-0.25, -0.2) is 0 Å². The van der Waals surface area contributed by atoms with E-state index in [9.17, 15) is 14.4 Å². The number of benzene rings is 1. The van der Waals surface area contributed by atoms with Crippen LogP contribution in [0.2, 0.25) is 0 Å². The highest BCUT2D eigenvalue weighted by atomic mass is 16.2. The summed E-state index contributed by atoms with van der Waals surface area (Å²) in [6.45, 7) is 8.40. The Hall–Kier alpha value is -2.63. The third-order valence-electron chi connectivity index (χ3n) is 3.79. The molecule has 1 N–H and O–H groups in total. The molecule has 6 heteroatoms. The summed E-state index contributed by atoms with van der Waals surface area (Å²) in [4.78, 5) is 36.9. The lowest BCUT2D eigenvalue weighted by atomic mass is 10.1. The zero-order chi connectivity index (χ0) is 17.7. The Balaban J connectivity index is 2.40. The molecule has 2 rings (SSSR count). The van der Waals surface area contributed by atoms with Crippen LogP contribution < -0.4 is 16.4 Å². The van der Waals surface area contributed by atoms with Crippen LogP contribution in [0, 0.1) is 5.92 Å². The highest BCUT2D eigenvalue weighted by Gasteiger charge is 2.14. The van der Waals surface area contributed by atoms with Crippen LogP contribution in [0.25, 0.3) is 11.0 Å². The van der Waals surface area contributed by atoms with Crippen molar-refractivity contribution in [3.05, 3.63) is 57.6 Å². The maximum absolute atomic E-state index is 12.4. The molecule has 2 aromatic rings. The zero-order valence-corrected chi connectivity index (χ0v) is 14.1. The third kappa shape index (κ3) is 3.82. The molecular weight excluding hydrogens is 306 g/mol. The summed E-state index contributed by atoms with van der Waals surface area (Å²) in [7, 11) is 0. The van der Waals surface area contributed by atoms with Crippen molar-refractivity contribution in [2.24, 2.45) is 5.92 Å². The van der Waals surface area contributed by atoms with Crippen molar-refractivity contribution in [3.8, 4) is 0 Å². The fourth-order valence-corrected chi connectivity index (χ4v) is 2.54. The van der Waals surface area contributed by atoms with Gasteiger partial charge < -0.3 is 5.32 Å². The van der Waals surface area contributed by atoms with E-state index in [0.717, 1.165) is 6.42 Å². The Bertz CT molecular complexity index is 862. The number of hydrogen-bond donors (Lipinski definition) is 1. The number of hydrogen-bond acceptors (Lipinski definition) is 3. The molecule has 1 heterocycles. The molecule has 0 saturated heterocycles. The summed E-state index contributed by atoms with van der Waals surface area (Å²) in [6, 6.07) is 7.06. The van der Waals surface area contributed by atoms with E-state index < -0.39 is 11.1 Å². The van der Waals surface area contributed by atoms with Crippen LogP contribution in [0.3, 0.4) is 0 Å². The van der Waals surface area contributed by atoms with Gasteiger partial charge >= 0.3 is 11.1 Å². The second kappa shape index (κ2) is 7.77. The van der Waals surface area contributed by atoms with Gasteiger partial charge in [-0.2, -0.15) is 0 Å². The molecule has 0 aliphatic rings. The van der Waals surface area contributed by atoms with Crippen molar-refractivity contribution in [1.29, 1.82) is 0 Å². The molecule has 0 aliphatic carbocycles. The molecule has 1 aromatic heterocycles. The number of nitrogens with one attached hydrogen (secondary N) is 1. The lowest BCUT2D eigenvalue weighted by Gasteiger charge is -2.14. The lowest BCUT2D eigenvalue weighted by molar-refractivity contribution is -0.121. The van der Waals surface area contributed by atoms with Crippen LogP contribution >= 0.6 is 0 Å². The highest BCUT2D eigenvalue weighted by molar-refractivity contribution is 5.80. The normalized spacial score (nSPS) is 11.0. The molecule has 0 unspecified atom stereocenters. The van der Waals surface area contributed by atoms with E-state index >= 15 is 0 Å². The minimum Gasteiger partial charge on any atom is -0.355 e. The maximum Gasteiger partial charge on any atom is 0.317 e. The number of fused-ring (bicyclic) bond motifs is 1. The summed E-state index contributed by atoms with van der Waals surface area (Å²) in [5, 5.41) is 2.79. The van der Waals surface area contributed by atoms with Gasteiger partial charge in [0.2, 0.25) is 5.91 Å². The number of nitrogens with zero attached hydrogens (tertiary/aromatic N) is 2. The number of para-hydroxylation sites is 2. The molecule has 0 spiro atoms. The molecule has 128 valence electrons. The summed E-state index contributed by atoms with van der Waals surface area (Å²) >= 11 is 0. The number of amides is 1. The largest absolute Gasteiger partial charge is 0.355 e. The zero-order valence-electron chi connectivity index (χ0n) is 14.1. The Kier molecular flexibility index (Phi) is 5.73. The molecule has 0 radical (unpaired) electrons. The van der Waals surface area contributed by atoms with Gasteiger partial charge in [-0.15, -0.1) is 6.58 Å². The first kappa shape index (κ1) is 17.7. The number of rotatable bonds is 7. The smallest absolute Gasteiger partial charge is 0.317 e. The van der Waals surface area contributed by atoms with E-state index in [0.29, 0.717) is 23.5 Å². The standard InChI is InChI=1S/C18H23N3O3/c1-4-11-20-14-7-5-6-8-15(14)21(18(24)17(20)23)12-16(22)19-10-9-13(2)3/h4-8,13H,1,9-12H2,2-3H3,(H,19,22). The van der Waals surface area contributed by atoms with Gasteiger partial charge in [0, 0.05) is 13.1 Å². The fraction of sp³-hybridized carbons (Fsp3) is 0.389. The number of carbonyl (C=O) groups excluding carboxylic acids is 1. The molecule has 6 nitrogen and oxygen atoms in total. The van der Waals surface area contributed by atoms with Gasteiger partial charge in [-0.05, 0) is 24.5 Å². The van der Waals surface area contributed by atoms with E-state index in [2.05, 4.69) is 25.7 Å².